The maximum Gasteiger partial charge on any atom is 0.327 e. The van der Waals surface area contributed by atoms with E-state index in [1.54, 1.807) is 35.6 Å². The van der Waals surface area contributed by atoms with Crippen molar-refractivity contribution in [1.82, 2.24) is 0 Å². The van der Waals surface area contributed by atoms with Gasteiger partial charge in [0.1, 0.15) is 12.4 Å². The van der Waals surface area contributed by atoms with E-state index in [2.05, 4.69) is 5.32 Å². The average Bonchev–Trinajstić information content (AvgIpc) is 2.99. The lowest BCUT2D eigenvalue weighted by Gasteiger charge is -2.07. The molecule has 6 heteroatoms. The lowest BCUT2D eigenvalue weighted by Crippen LogP contribution is -2.10. The molecule has 2 N–H and O–H groups in total. The van der Waals surface area contributed by atoms with Crippen LogP contribution < -0.4 is 10.1 Å². The van der Waals surface area contributed by atoms with Crippen LogP contribution in [0.4, 0.5) is 5.69 Å². The fourth-order valence-corrected chi connectivity index (χ4v) is 2.28. The summed E-state index contributed by atoms with van der Waals surface area (Å²) in [6, 6.07) is 11.0. The first-order valence-corrected chi connectivity index (χ1v) is 7.46. The number of ether oxygens (including phenoxy) is 1. The second-order valence-corrected chi connectivity index (χ2v) is 5.42. The quantitative estimate of drug-likeness (QED) is 0.768. The maximum atomic E-state index is 11.6. The molecular weight excluding hydrogens is 302 g/mol. The molecule has 0 bridgehead atoms. The predicted octanol–water partition coefficient (Wildman–Crippen LogP) is 3.30. The summed E-state index contributed by atoms with van der Waals surface area (Å²) in [4.78, 5) is 23.0. The third-order valence-electron chi connectivity index (χ3n) is 2.66. The normalized spacial score (nSPS) is 10.5. The van der Waals surface area contributed by atoms with E-state index in [1.165, 1.54) is 6.08 Å². The number of anilines is 1. The van der Waals surface area contributed by atoms with Gasteiger partial charge in [0.25, 0.3) is 0 Å². The Labute approximate surface area is 131 Å². The number of hydrogen-bond acceptors (Lipinski definition) is 4. The molecule has 1 aromatic heterocycles. The number of hydrogen-bond donors (Lipinski definition) is 2. The number of carbonyl (C=O) groups is 2. The maximum absolute atomic E-state index is 11.6. The fraction of sp³-hybridized carbons (Fsp3) is 0.125. The van der Waals surface area contributed by atoms with Gasteiger partial charge in [0, 0.05) is 23.1 Å². The Hall–Kier alpha value is -2.60. The Morgan fingerprint density at radius 1 is 1.23 bits per heavy atom. The summed E-state index contributed by atoms with van der Waals surface area (Å²) in [6.07, 6.45) is 2.26. The van der Waals surface area contributed by atoms with Crippen LogP contribution in [0.25, 0.3) is 0 Å². The van der Waals surface area contributed by atoms with Gasteiger partial charge in [0.15, 0.2) is 0 Å². The van der Waals surface area contributed by atoms with Crippen LogP contribution in [0.15, 0.2) is 53.9 Å². The molecule has 2 rings (SSSR count). The Morgan fingerprint density at radius 2 is 2.00 bits per heavy atom. The highest BCUT2D eigenvalue weighted by atomic mass is 32.1. The number of nitrogens with one attached hydrogen (secondary N) is 1. The van der Waals surface area contributed by atoms with Gasteiger partial charge in [0.05, 0.1) is 0 Å². The molecule has 0 unspecified atom stereocenters. The minimum absolute atomic E-state index is 0.0168. The van der Waals surface area contributed by atoms with Gasteiger partial charge >= 0.3 is 5.97 Å². The molecule has 0 radical (unpaired) electrons. The van der Waals surface area contributed by atoms with Crippen molar-refractivity contribution in [2.75, 3.05) is 5.32 Å². The zero-order valence-corrected chi connectivity index (χ0v) is 12.5. The number of carboxylic acid groups (broad SMARTS) is 1. The molecule has 0 saturated heterocycles. The van der Waals surface area contributed by atoms with Crippen molar-refractivity contribution in [2.45, 2.75) is 13.0 Å². The molecule has 2 aromatic rings. The first-order valence-electron chi connectivity index (χ1n) is 6.58. The molecule has 0 atom stereocenters. The lowest BCUT2D eigenvalue weighted by molar-refractivity contribution is -0.131. The van der Waals surface area contributed by atoms with Gasteiger partial charge in [-0.2, -0.15) is 0 Å². The molecule has 0 saturated carbocycles. The van der Waals surface area contributed by atoms with Crippen molar-refractivity contribution in [3.63, 3.8) is 0 Å². The Kier molecular flexibility index (Phi) is 5.73. The van der Waals surface area contributed by atoms with E-state index in [1.807, 2.05) is 17.5 Å². The molecular formula is C16H15NO4S. The molecule has 0 fully saturated rings. The van der Waals surface area contributed by atoms with Gasteiger partial charge in [-0.15, -0.1) is 11.3 Å². The van der Waals surface area contributed by atoms with Gasteiger partial charge in [-0.3, -0.25) is 4.79 Å². The minimum atomic E-state index is -1.07. The first kappa shape index (κ1) is 15.8. The summed E-state index contributed by atoms with van der Waals surface area (Å²) in [5.41, 5.74) is 0.636. The van der Waals surface area contributed by atoms with Crippen molar-refractivity contribution < 1.29 is 19.4 Å². The molecule has 114 valence electrons. The lowest BCUT2D eigenvalue weighted by atomic mass is 10.3. The Bertz CT molecular complexity index is 647. The highest BCUT2D eigenvalue weighted by molar-refractivity contribution is 7.09. The van der Waals surface area contributed by atoms with E-state index in [-0.39, 0.29) is 12.3 Å². The number of amides is 1. The van der Waals surface area contributed by atoms with Gasteiger partial charge in [-0.1, -0.05) is 12.1 Å². The largest absolute Gasteiger partial charge is 0.488 e. The fourth-order valence-electron chi connectivity index (χ4n) is 1.66. The molecule has 0 aliphatic rings. The van der Waals surface area contributed by atoms with Crippen molar-refractivity contribution in [3.8, 4) is 5.75 Å². The molecule has 0 aliphatic carbocycles. The molecule has 5 nitrogen and oxygen atoms in total. The standard InChI is InChI=1S/C16H15NO4S/c18-15(4-1-5-16(19)20)17-12-6-8-13(9-7-12)21-11-14-3-2-10-22-14/h1-3,5-10H,4,11H2,(H,17,18)(H,19,20). The first-order chi connectivity index (χ1) is 10.6. The zero-order chi connectivity index (χ0) is 15.8. The Morgan fingerprint density at radius 3 is 2.64 bits per heavy atom. The van der Waals surface area contributed by atoms with Crippen molar-refractivity contribution in [2.24, 2.45) is 0 Å². The number of carbonyl (C=O) groups excluding carboxylic acids is 1. The zero-order valence-electron chi connectivity index (χ0n) is 11.7. The molecule has 1 heterocycles. The monoisotopic (exact) mass is 317 g/mol. The Balaban J connectivity index is 1.81. The molecule has 22 heavy (non-hydrogen) atoms. The van der Waals surface area contributed by atoms with Gasteiger partial charge in [-0.25, -0.2) is 4.79 Å². The number of rotatable bonds is 7. The van der Waals surface area contributed by atoms with Crippen LogP contribution in [-0.4, -0.2) is 17.0 Å². The van der Waals surface area contributed by atoms with Crippen LogP contribution in [0, 0.1) is 0 Å². The van der Waals surface area contributed by atoms with E-state index in [0.29, 0.717) is 12.3 Å². The minimum Gasteiger partial charge on any atom is -0.488 e. The summed E-state index contributed by atoms with van der Waals surface area (Å²) in [5.74, 6) is -0.623. The summed E-state index contributed by atoms with van der Waals surface area (Å²) in [7, 11) is 0. The summed E-state index contributed by atoms with van der Waals surface area (Å²) in [6.45, 7) is 0.517. The third kappa shape index (κ3) is 5.41. The molecule has 1 amide bonds. The van der Waals surface area contributed by atoms with Crippen LogP contribution >= 0.6 is 11.3 Å². The van der Waals surface area contributed by atoms with Gasteiger partial charge < -0.3 is 15.2 Å². The number of carboxylic acids is 1. The highest BCUT2D eigenvalue weighted by Gasteiger charge is 2.02. The van der Waals surface area contributed by atoms with E-state index < -0.39 is 5.97 Å². The smallest absolute Gasteiger partial charge is 0.327 e. The summed E-state index contributed by atoms with van der Waals surface area (Å²) < 4.78 is 5.62. The van der Waals surface area contributed by atoms with Crippen LogP contribution in [0.3, 0.4) is 0 Å². The van der Waals surface area contributed by atoms with E-state index in [9.17, 15) is 9.59 Å². The molecule has 1 aromatic carbocycles. The number of aliphatic carboxylic acids is 1. The highest BCUT2D eigenvalue weighted by Crippen LogP contribution is 2.18. The van der Waals surface area contributed by atoms with Gasteiger partial charge in [0.2, 0.25) is 5.91 Å². The summed E-state index contributed by atoms with van der Waals surface area (Å²) >= 11 is 1.63. The molecule has 0 spiro atoms. The SMILES string of the molecule is O=C(O)C=CCC(=O)Nc1ccc(OCc2cccs2)cc1. The van der Waals surface area contributed by atoms with E-state index in [4.69, 9.17) is 9.84 Å². The van der Waals surface area contributed by atoms with Crippen molar-refractivity contribution in [3.05, 3.63) is 58.8 Å². The van der Waals surface area contributed by atoms with Crippen molar-refractivity contribution in [1.29, 1.82) is 0 Å². The number of benzene rings is 1. The van der Waals surface area contributed by atoms with Gasteiger partial charge in [-0.05, 0) is 35.7 Å². The predicted molar refractivity (Wildman–Crippen MR) is 85.1 cm³/mol. The second kappa shape index (κ2) is 7.99. The van der Waals surface area contributed by atoms with E-state index >= 15 is 0 Å². The molecule has 0 aliphatic heterocycles. The van der Waals surface area contributed by atoms with Crippen LogP contribution in [0.2, 0.25) is 0 Å². The summed E-state index contributed by atoms with van der Waals surface area (Å²) in [5, 5.41) is 13.1. The third-order valence-corrected chi connectivity index (χ3v) is 3.51. The van der Waals surface area contributed by atoms with Crippen LogP contribution in [0.1, 0.15) is 11.3 Å². The van der Waals surface area contributed by atoms with Crippen LogP contribution in [-0.2, 0) is 16.2 Å². The van der Waals surface area contributed by atoms with E-state index in [0.717, 1.165) is 16.7 Å². The average molecular weight is 317 g/mol. The van der Waals surface area contributed by atoms with Crippen LogP contribution in [0.5, 0.6) is 5.75 Å². The topological polar surface area (TPSA) is 75.6 Å². The second-order valence-electron chi connectivity index (χ2n) is 4.39. The van der Waals surface area contributed by atoms with Crippen molar-refractivity contribution >= 4 is 28.9 Å². The number of thiophene rings is 1.